The minimum absolute atomic E-state index is 0.0674. The van der Waals surface area contributed by atoms with Gasteiger partial charge in [0.1, 0.15) is 5.75 Å². The summed E-state index contributed by atoms with van der Waals surface area (Å²) in [4.78, 5) is 14.1. The van der Waals surface area contributed by atoms with E-state index in [2.05, 4.69) is 0 Å². The Morgan fingerprint density at radius 2 is 1.95 bits per heavy atom. The number of halogens is 1. The van der Waals surface area contributed by atoms with Crippen molar-refractivity contribution >= 4 is 28.9 Å². The summed E-state index contributed by atoms with van der Waals surface area (Å²) >= 11 is 5.89. The first-order chi connectivity index (χ1) is 10.0. The fourth-order valence-corrected chi connectivity index (χ4v) is 2.49. The first-order valence-electron chi connectivity index (χ1n) is 6.66. The Hall–Kier alpha value is -2.20. The molecule has 5 heteroatoms. The van der Waals surface area contributed by atoms with Crippen LogP contribution in [0.15, 0.2) is 42.5 Å². The summed E-state index contributed by atoms with van der Waals surface area (Å²) in [7, 11) is 0. The highest BCUT2D eigenvalue weighted by atomic mass is 35.5. The summed E-state index contributed by atoms with van der Waals surface area (Å²) in [6, 6.07) is 12.8. The highest BCUT2D eigenvalue weighted by molar-refractivity contribution is 6.30. The summed E-state index contributed by atoms with van der Waals surface area (Å²) in [5.74, 6) is 0.568. The molecule has 4 nitrogen and oxygen atoms in total. The molecule has 2 aromatic carbocycles. The van der Waals surface area contributed by atoms with Gasteiger partial charge in [-0.25, -0.2) is 0 Å². The smallest absolute Gasteiger partial charge is 0.268 e. The highest BCUT2D eigenvalue weighted by Crippen LogP contribution is 2.36. The van der Waals surface area contributed by atoms with Crippen molar-refractivity contribution in [1.82, 2.24) is 0 Å². The van der Waals surface area contributed by atoms with Crippen LogP contribution in [0.1, 0.15) is 12.5 Å². The molecule has 0 aromatic heterocycles. The average Bonchev–Trinajstić information content (AvgIpc) is 2.46. The van der Waals surface area contributed by atoms with Crippen LogP contribution >= 0.6 is 11.6 Å². The van der Waals surface area contributed by atoms with E-state index in [0.29, 0.717) is 23.0 Å². The van der Waals surface area contributed by atoms with Crippen LogP contribution in [0.3, 0.4) is 0 Å². The van der Waals surface area contributed by atoms with Gasteiger partial charge < -0.3 is 15.4 Å². The van der Waals surface area contributed by atoms with Gasteiger partial charge in [0.05, 0.1) is 12.2 Å². The number of anilines is 2. The van der Waals surface area contributed by atoms with Crippen LogP contribution in [0.5, 0.6) is 5.75 Å². The Kier molecular flexibility index (Phi) is 3.47. The Morgan fingerprint density at radius 3 is 2.67 bits per heavy atom. The van der Waals surface area contributed by atoms with Gasteiger partial charge in [0.25, 0.3) is 5.91 Å². The zero-order valence-electron chi connectivity index (χ0n) is 11.5. The number of carbonyl (C=O) groups is 1. The molecule has 1 atom stereocenters. The van der Waals surface area contributed by atoms with Crippen LogP contribution in [0.25, 0.3) is 0 Å². The Labute approximate surface area is 128 Å². The van der Waals surface area contributed by atoms with Gasteiger partial charge in [0.2, 0.25) is 0 Å². The van der Waals surface area contributed by atoms with Gasteiger partial charge in [-0.15, -0.1) is 0 Å². The number of rotatable bonds is 2. The van der Waals surface area contributed by atoms with Crippen LogP contribution in [0.4, 0.5) is 11.4 Å². The first-order valence-corrected chi connectivity index (χ1v) is 7.04. The lowest BCUT2D eigenvalue weighted by Gasteiger charge is -2.33. The largest absolute Gasteiger partial charge is 0.479 e. The molecule has 21 heavy (non-hydrogen) atoms. The van der Waals surface area contributed by atoms with Crippen LogP contribution in [-0.4, -0.2) is 12.0 Å². The fraction of sp³-hybridized carbons (Fsp3) is 0.188. The first kappa shape index (κ1) is 13.8. The van der Waals surface area contributed by atoms with Gasteiger partial charge in [0, 0.05) is 16.8 Å². The van der Waals surface area contributed by atoms with Gasteiger partial charge >= 0.3 is 0 Å². The summed E-state index contributed by atoms with van der Waals surface area (Å²) in [5.41, 5.74) is 8.13. The summed E-state index contributed by atoms with van der Waals surface area (Å²) in [6.45, 7) is 2.21. The van der Waals surface area contributed by atoms with E-state index in [4.69, 9.17) is 22.1 Å². The molecular weight excluding hydrogens is 288 g/mol. The minimum atomic E-state index is -0.522. The van der Waals surface area contributed by atoms with Crippen molar-refractivity contribution in [2.45, 2.75) is 19.6 Å². The fourth-order valence-electron chi connectivity index (χ4n) is 2.36. The standard InChI is InChI=1S/C16H15ClN2O2/c1-10-16(20)19(9-11-2-4-12(17)5-3-11)14-7-6-13(18)8-15(14)21-10/h2-8,10H,9,18H2,1H3. The number of benzene rings is 2. The molecule has 2 aromatic rings. The number of ether oxygens (including phenoxy) is 1. The molecular formula is C16H15ClN2O2. The second-order valence-electron chi connectivity index (χ2n) is 5.04. The number of hydrogen-bond acceptors (Lipinski definition) is 3. The number of nitrogen functional groups attached to an aromatic ring is 1. The molecule has 1 unspecified atom stereocenters. The van der Waals surface area contributed by atoms with E-state index in [-0.39, 0.29) is 5.91 Å². The number of nitrogens with zero attached hydrogens (tertiary/aromatic N) is 1. The van der Waals surface area contributed by atoms with E-state index in [1.807, 2.05) is 30.3 Å². The van der Waals surface area contributed by atoms with Crippen molar-refractivity contribution in [1.29, 1.82) is 0 Å². The van der Waals surface area contributed by atoms with Gasteiger partial charge in [0.15, 0.2) is 6.10 Å². The SMILES string of the molecule is CC1Oc2cc(N)ccc2N(Cc2ccc(Cl)cc2)C1=O. The van der Waals surface area contributed by atoms with Crippen molar-refractivity contribution in [3.05, 3.63) is 53.1 Å². The summed E-state index contributed by atoms with van der Waals surface area (Å²) < 4.78 is 5.62. The lowest BCUT2D eigenvalue weighted by Crippen LogP contribution is -2.44. The van der Waals surface area contributed by atoms with E-state index in [1.165, 1.54) is 0 Å². The van der Waals surface area contributed by atoms with Crippen LogP contribution < -0.4 is 15.4 Å². The molecule has 2 N–H and O–H groups in total. The van der Waals surface area contributed by atoms with Crippen molar-refractivity contribution < 1.29 is 9.53 Å². The number of nitrogens with two attached hydrogens (primary N) is 1. The van der Waals surface area contributed by atoms with Gasteiger partial charge in [-0.1, -0.05) is 23.7 Å². The van der Waals surface area contributed by atoms with E-state index in [0.717, 1.165) is 11.3 Å². The second kappa shape index (κ2) is 5.30. The molecule has 0 saturated carbocycles. The molecule has 3 rings (SSSR count). The normalized spacial score (nSPS) is 17.3. The van der Waals surface area contributed by atoms with Gasteiger partial charge in [-0.2, -0.15) is 0 Å². The lowest BCUT2D eigenvalue weighted by atomic mass is 10.1. The number of hydrogen-bond donors (Lipinski definition) is 1. The van der Waals surface area contributed by atoms with E-state index < -0.39 is 6.10 Å². The van der Waals surface area contributed by atoms with Crippen molar-refractivity contribution in [3.8, 4) is 5.75 Å². The third-order valence-electron chi connectivity index (χ3n) is 3.45. The molecule has 1 aliphatic rings. The third kappa shape index (κ3) is 2.67. The topological polar surface area (TPSA) is 55.6 Å². The quantitative estimate of drug-likeness (QED) is 0.867. The molecule has 0 aliphatic carbocycles. The van der Waals surface area contributed by atoms with Crippen LogP contribution in [-0.2, 0) is 11.3 Å². The van der Waals surface area contributed by atoms with Crippen LogP contribution in [0.2, 0.25) is 5.02 Å². The number of fused-ring (bicyclic) bond motifs is 1. The molecule has 0 radical (unpaired) electrons. The molecule has 0 fully saturated rings. The minimum Gasteiger partial charge on any atom is -0.479 e. The molecule has 1 aliphatic heterocycles. The summed E-state index contributed by atoms with van der Waals surface area (Å²) in [5, 5.41) is 0.675. The number of amides is 1. The molecule has 108 valence electrons. The maximum Gasteiger partial charge on any atom is 0.268 e. The van der Waals surface area contributed by atoms with Crippen molar-refractivity contribution in [3.63, 3.8) is 0 Å². The van der Waals surface area contributed by atoms with Gasteiger partial charge in [-0.05, 0) is 36.8 Å². The molecule has 0 bridgehead atoms. The molecule has 0 saturated heterocycles. The number of carbonyl (C=O) groups excluding carboxylic acids is 1. The maximum atomic E-state index is 12.4. The van der Waals surface area contributed by atoms with E-state index >= 15 is 0 Å². The van der Waals surface area contributed by atoms with Crippen molar-refractivity contribution in [2.75, 3.05) is 10.6 Å². The Bertz CT molecular complexity index is 685. The van der Waals surface area contributed by atoms with Crippen LogP contribution in [0, 0.1) is 0 Å². The predicted molar refractivity (Wildman–Crippen MR) is 83.6 cm³/mol. The zero-order valence-corrected chi connectivity index (χ0v) is 12.3. The monoisotopic (exact) mass is 302 g/mol. The molecule has 1 heterocycles. The Morgan fingerprint density at radius 1 is 1.24 bits per heavy atom. The highest BCUT2D eigenvalue weighted by Gasteiger charge is 2.31. The predicted octanol–water partition coefficient (Wildman–Crippen LogP) is 3.24. The summed E-state index contributed by atoms with van der Waals surface area (Å²) in [6.07, 6.45) is -0.522. The van der Waals surface area contributed by atoms with Crippen molar-refractivity contribution in [2.24, 2.45) is 0 Å². The zero-order chi connectivity index (χ0) is 15.0. The van der Waals surface area contributed by atoms with E-state index in [9.17, 15) is 4.79 Å². The second-order valence-corrected chi connectivity index (χ2v) is 5.47. The Balaban J connectivity index is 1.96. The lowest BCUT2D eigenvalue weighted by molar-refractivity contribution is -0.125. The maximum absolute atomic E-state index is 12.4. The van der Waals surface area contributed by atoms with Gasteiger partial charge in [-0.3, -0.25) is 4.79 Å². The van der Waals surface area contributed by atoms with E-state index in [1.54, 1.807) is 24.0 Å². The average molecular weight is 303 g/mol. The molecule has 0 spiro atoms. The molecule has 1 amide bonds. The third-order valence-corrected chi connectivity index (χ3v) is 3.70.